The lowest BCUT2D eigenvalue weighted by Crippen LogP contribution is -2.15. The fourth-order valence-electron chi connectivity index (χ4n) is 4.70. The monoisotopic (exact) mass is 436 g/mol. The Morgan fingerprint density at radius 3 is 2.57 bits per heavy atom. The zero-order valence-corrected chi connectivity index (χ0v) is 17.9. The van der Waals surface area contributed by atoms with Gasteiger partial charge in [-0.15, -0.1) is 0 Å². The van der Waals surface area contributed by atoms with Crippen LogP contribution in [0.3, 0.4) is 0 Å². The SMILES string of the molecule is CCCc1c(-c2ccc(Br)cc2)c(C(N)=O)c(C)n1C1CCc2ccccc21. The van der Waals surface area contributed by atoms with E-state index in [1.807, 2.05) is 19.1 Å². The maximum atomic E-state index is 12.5. The molecule has 3 nitrogen and oxygen atoms in total. The summed E-state index contributed by atoms with van der Waals surface area (Å²) in [7, 11) is 0. The predicted octanol–water partition coefficient (Wildman–Crippen LogP) is 5.81. The first-order chi connectivity index (χ1) is 13.5. The molecule has 0 saturated heterocycles. The molecule has 0 radical (unpaired) electrons. The van der Waals surface area contributed by atoms with Crippen molar-refractivity contribution < 1.29 is 4.79 Å². The Balaban J connectivity index is 1.98. The number of nitrogens with zero attached hydrogens (tertiary/aromatic N) is 1. The Labute approximate surface area is 174 Å². The van der Waals surface area contributed by atoms with E-state index in [9.17, 15) is 4.79 Å². The van der Waals surface area contributed by atoms with E-state index in [1.165, 1.54) is 16.8 Å². The van der Waals surface area contributed by atoms with E-state index < -0.39 is 0 Å². The summed E-state index contributed by atoms with van der Waals surface area (Å²) in [6, 6.07) is 17.1. The fourth-order valence-corrected chi connectivity index (χ4v) is 4.97. The fraction of sp³-hybridized carbons (Fsp3) is 0.292. The third-order valence-electron chi connectivity index (χ3n) is 5.83. The van der Waals surface area contributed by atoms with Gasteiger partial charge in [0.15, 0.2) is 0 Å². The van der Waals surface area contributed by atoms with Crippen molar-refractivity contribution in [2.24, 2.45) is 5.73 Å². The van der Waals surface area contributed by atoms with Crippen LogP contribution >= 0.6 is 15.9 Å². The van der Waals surface area contributed by atoms with Crippen molar-refractivity contribution >= 4 is 21.8 Å². The van der Waals surface area contributed by atoms with Gasteiger partial charge in [-0.1, -0.05) is 65.7 Å². The molecule has 0 fully saturated rings. The molecule has 1 aromatic heterocycles. The molecule has 1 atom stereocenters. The van der Waals surface area contributed by atoms with Gasteiger partial charge in [-0.25, -0.2) is 0 Å². The van der Waals surface area contributed by atoms with Gasteiger partial charge in [0.25, 0.3) is 5.91 Å². The molecule has 0 bridgehead atoms. The molecule has 1 amide bonds. The van der Waals surface area contributed by atoms with Crippen LogP contribution in [0.4, 0.5) is 0 Å². The third-order valence-corrected chi connectivity index (χ3v) is 6.36. The number of halogens is 1. The minimum Gasteiger partial charge on any atom is -0.366 e. The van der Waals surface area contributed by atoms with E-state index >= 15 is 0 Å². The molecule has 0 aliphatic heterocycles. The van der Waals surface area contributed by atoms with Crippen molar-refractivity contribution in [3.05, 3.63) is 81.1 Å². The largest absolute Gasteiger partial charge is 0.366 e. The summed E-state index contributed by atoms with van der Waals surface area (Å²) in [6.07, 6.45) is 4.06. The number of hydrogen-bond donors (Lipinski definition) is 1. The number of benzene rings is 2. The lowest BCUT2D eigenvalue weighted by molar-refractivity contribution is 0.1000. The summed E-state index contributed by atoms with van der Waals surface area (Å²) in [5.41, 5.74) is 13.6. The van der Waals surface area contributed by atoms with Crippen molar-refractivity contribution in [1.29, 1.82) is 0 Å². The van der Waals surface area contributed by atoms with E-state index in [0.717, 1.165) is 47.0 Å². The second-order valence-corrected chi connectivity index (χ2v) is 8.44. The Bertz CT molecular complexity index is 1030. The maximum absolute atomic E-state index is 12.5. The minimum absolute atomic E-state index is 0.264. The summed E-state index contributed by atoms with van der Waals surface area (Å²) in [6.45, 7) is 4.23. The number of aryl methyl sites for hydroxylation is 1. The second kappa shape index (κ2) is 7.59. The van der Waals surface area contributed by atoms with Gasteiger partial charge in [0.2, 0.25) is 0 Å². The number of hydrogen-bond acceptors (Lipinski definition) is 1. The molecule has 1 unspecified atom stereocenters. The summed E-state index contributed by atoms with van der Waals surface area (Å²) in [4.78, 5) is 12.5. The Morgan fingerprint density at radius 1 is 1.18 bits per heavy atom. The van der Waals surface area contributed by atoms with Gasteiger partial charge >= 0.3 is 0 Å². The number of carbonyl (C=O) groups excluding carboxylic acids is 1. The lowest BCUT2D eigenvalue weighted by atomic mass is 9.98. The molecule has 144 valence electrons. The topological polar surface area (TPSA) is 48.0 Å². The van der Waals surface area contributed by atoms with Gasteiger partial charge in [0.05, 0.1) is 11.6 Å². The van der Waals surface area contributed by atoms with Gasteiger partial charge in [0, 0.05) is 21.4 Å². The molecule has 28 heavy (non-hydrogen) atoms. The summed E-state index contributed by atoms with van der Waals surface area (Å²) in [5, 5.41) is 0. The van der Waals surface area contributed by atoms with Crippen LogP contribution in [0.2, 0.25) is 0 Å². The number of primary amides is 1. The average Bonchev–Trinajstić information content (AvgIpc) is 3.21. The van der Waals surface area contributed by atoms with Crippen LogP contribution in [0.25, 0.3) is 11.1 Å². The number of rotatable bonds is 5. The standard InChI is InChI=1S/C24H25BrN2O/c1-3-6-21-23(17-9-12-18(25)13-10-17)22(24(26)28)15(2)27(21)20-14-11-16-7-4-5-8-19(16)20/h4-5,7-10,12-13,20H,3,6,11,14H2,1-2H3,(H2,26,28). The second-order valence-electron chi connectivity index (χ2n) is 7.53. The number of carbonyl (C=O) groups is 1. The summed E-state index contributed by atoms with van der Waals surface area (Å²) < 4.78 is 3.42. The smallest absolute Gasteiger partial charge is 0.251 e. The number of aromatic nitrogens is 1. The molecule has 2 N–H and O–H groups in total. The van der Waals surface area contributed by atoms with E-state index in [4.69, 9.17) is 5.73 Å². The van der Waals surface area contributed by atoms with Crippen LogP contribution in [0.1, 0.15) is 58.7 Å². The van der Waals surface area contributed by atoms with Gasteiger partial charge in [0.1, 0.15) is 0 Å². The van der Waals surface area contributed by atoms with E-state index in [1.54, 1.807) is 0 Å². The van der Waals surface area contributed by atoms with E-state index in [-0.39, 0.29) is 11.9 Å². The Hall–Kier alpha value is -2.33. The quantitative estimate of drug-likeness (QED) is 0.538. The van der Waals surface area contributed by atoms with E-state index in [2.05, 4.69) is 63.8 Å². The Morgan fingerprint density at radius 2 is 1.89 bits per heavy atom. The van der Waals surface area contributed by atoms with Gasteiger partial charge < -0.3 is 10.3 Å². The molecule has 1 heterocycles. The molecular formula is C24H25BrN2O. The molecule has 1 aliphatic rings. The van der Waals surface area contributed by atoms with Crippen LogP contribution in [-0.2, 0) is 12.8 Å². The highest BCUT2D eigenvalue weighted by Gasteiger charge is 2.31. The summed E-state index contributed by atoms with van der Waals surface area (Å²) in [5.74, 6) is -0.349. The molecular weight excluding hydrogens is 412 g/mol. The minimum atomic E-state index is -0.349. The third kappa shape index (κ3) is 3.10. The first-order valence-corrected chi connectivity index (χ1v) is 10.7. The molecule has 1 aliphatic carbocycles. The zero-order valence-electron chi connectivity index (χ0n) is 16.3. The zero-order chi connectivity index (χ0) is 19.8. The number of nitrogens with two attached hydrogens (primary N) is 1. The normalized spacial score (nSPS) is 15.6. The maximum Gasteiger partial charge on any atom is 0.251 e. The molecule has 4 rings (SSSR count). The van der Waals surface area contributed by atoms with Crippen molar-refractivity contribution in [1.82, 2.24) is 4.57 Å². The van der Waals surface area contributed by atoms with Crippen molar-refractivity contribution in [3.8, 4) is 11.1 Å². The predicted molar refractivity (Wildman–Crippen MR) is 118 cm³/mol. The highest BCUT2D eigenvalue weighted by atomic mass is 79.9. The van der Waals surface area contributed by atoms with E-state index in [0.29, 0.717) is 5.56 Å². The van der Waals surface area contributed by atoms with Crippen molar-refractivity contribution in [3.63, 3.8) is 0 Å². The van der Waals surface area contributed by atoms with Crippen LogP contribution in [0.15, 0.2) is 53.0 Å². The molecule has 4 heteroatoms. The average molecular weight is 437 g/mol. The molecule has 0 spiro atoms. The van der Waals surface area contributed by atoms with Crippen molar-refractivity contribution in [2.45, 2.75) is 45.6 Å². The van der Waals surface area contributed by atoms with Crippen LogP contribution in [-0.4, -0.2) is 10.5 Å². The van der Waals surface area contributed by atoms with Crippen LogP contribution < -0.4 is 5.73 Å². The van der Waals surface area contributed by atoms with Gasteiger partial charge in [-0.3, -0.25) is 4.79 Å². The summed E-state index contributed by atoms with van der Waals surface area (Å²) >= 11 is 3.51. The first-order valence-electron chi connectivity index (χ1n) is 9.90. The number of fused-ring (bicyclic) bond motifs is 1. The van der Waals surface area contributed by atoms with Gasteiger partial charge in [-0.2, -0.15) is 0 Å². The highest BCUT2D eigenvalue weighted by molar-refractivity contribution is 9.10. The van der Waals surface area contributed by atoms with Crippen LogP contribution in [0.5, 0.6) is 0 Å². The molecule has 3 aromatic rings. The lowest BCUT2D eigenvalue weighted by Gasteiger charge is -2.21. The first kappa shape index (κ1) is 19.0. The molecule has 2 aromatic carbocycles. The van der Waals surface area contributed by atoms with Crippen molar-refractivity contribution in [2.75, 3.05) is 0 Å². The highest BCUT2D eigenvalue weighted by Crippen LogP contribution is 2.42. The number of amides is 1. The van der Waals surface area contributed by atoms with Gasteiger partial charge in [-0.05, 0) is 55.0 Å². The Kier molecular flexibility index (Phi) is 5.15. The van der Waals surface area contributed by atoms with Crippen LogP contribution in [0, 0.1) is 6.92 Å². The molecule has 0 saturated carbocycles.